The molecule has 0 aromatic heterocycles. The highest BCUT2D eigenvalue weighted by atomic mass is 16.5. The van der Waals surface area contributed by atoms with E-state index in [0.717, 1.165) is 6.42 Å². The van der Waals surface area contributed by atoms with Crippen molar-refractivity contribution in [3.63, 3.8) is 0 Å². The summed E-state index contributed by atoms with van der Waals surface area (Å²) in [6, 6.07) is 0. The van der Waals surface area contributed by atoms with E-state index in [1.165, 1.54) is 7.11 Å². The number of amides is 1. The molecule has 0 saturated heterocycles. The highest BCUT2D eigenvalue weighted by Gasteiger charge is 2.56. The van der Waals surface area contributed by atoms with Crippen molar-refractivity contribution in [3.05, 3.63) is 12.2 Å². The van der Waals surface area contributed by atoms with Crippen molar-refractivity contribution in [3.8, 4) is 0 Å². The van der Waals surface area contributed by atoms with Gasteiger partial charge in [0.2, 0.25) is 5.91 Å². The average Bonchev–Trinajstić information content (AvgIpc) is 2.46. The first-order chi connectivity index (χ1) is 9.48. The van der Waals surface area contributed by atoms with Crippen LogP contribution < -0.4 is 0 Å². The number of carbonyl (C=O) groups is 2. The fraction of sp³-hybridized carbons (Fsp3) is 0.733. The summed E-state index contributed by atoms with van der Waals surface area (Å²) in [4.78, 5) is 26.5. The van der Waals surface area contributed by atoms with Crippen LogP contribution in [0, 0.1) is 17.8 Å². The number of ether oxygens (including phenoxy) is 1. The molecule has 3 aliphatic rings. The Kier molecular flexibility index (Phi) is 4.18. The van der Waals surface area contributed by atoms with Gasteiger partial charge in [-0.1, -0.05) is 12.2 Å². The third kappa shape index (κ3) is 2.24. The van der Waals surface area contributed by atoms with E-state index < -0.39 is 23.4 Å². The molecule has 0 heterocycles. The van der Waals surface area contributed by atoms with Crippen molar-refractivity contribution < 1.29 is 19.4 Å². The van der Waals surface area contributed by atoms with Crippen LogP contribution in [0.2, 0.25) is 0 Å². The first-order valence-corrected chi connectivity index (χ1v) is 7.26. The van der Waals surface area contributed by atoms with E-state index in [1.807, 2.05) is 19.9 Å². The molecule has 0 aliphatic heterocycles. The number of esters is 1. The summed E-state index contributed by atoms with van der Waals surface area (Å²) < 4.78 is 4.86. The van der Waals surface area contributed by atoms with Crippen molar-refractivity contribution >= 4 is 11.9 Å². The Morgan fingerprint density at radius 3 is 2.50 bits per heavy atom. The lowest BCUT2D eigenvalue weighted by molar-refractivity contribution is -0.170. The molecule has 0 spiro atoms. The van der Waals surface area contributed by atoms with Gasteiger partial charge in [0.25, 0.3) is 0 Å². The molecule has 4 atom stereocenters. The number of allylic oxidation sites excluding steroid dienone is 1. The van der Waals surface area contributed by atoms with E-state index in [9.17, 15) is 14.7 Å². The number of fused-ring (bicyclic) bond motifs is 2. The average molecular weight is 281 g/mol. The number of aliphatic hydroxyl groups is 1. The number of methoxy groups -OCH3 is 1. The Hall–Kier alpha value is -1.36. The topological polar surface area (TPSA) is 66.8 Å². The van der Waals surface area contributed by atoms with Gasteiger partial charge in [0, 0.05) is 13.1 Å². The molecule has 5 nitrogen and oxygen atoms in total. The molecule has 0 aromatic rings. The van der Waals surface area contributed by atoms with E-state index in [0.29, 0.717) is 19.5 Å². The van der Waals surface area contributed by atoms with Crippen molar-refractivity contribution in [1.29, 1.82) is 0 Å². The number of rotatable bonds is 4. The van der Waals surface area contributed by atoms with Crippen molar-refractivity contribution in [1.82, 2.24) is 4.90 Å². The highest BCUT2D eigenvalue weighted by Crippen LogP contribution is 2.48. The van der Waals surface area contributed by atoms with Gasteiger partial charge in [-0.05, 0) is 32.6 Å². The lowest BCUT2D eigenvalue weighted by Gasteiger charge is -2.48. The predicted octanol–water partition coefficient (Wildman–Crippen LogP) is 0.971. The van der Waals surface area contributed by atoms with Gasteiger partial charge in [0.15, 0.2) is 0 Å². The maximum absolute atomic E-state index is 12.7. The molecule has 3 rings (SSSR count). The van der Waals surface area contributed by atoms with Crippen LogP contribution in [-0.4, -0.2) is 47.7 Å². The Morgan fingerprint density at radius 1 is 1.40 bits per heavy atom. The molecule has 0 radical (unpaired) electrons. The van der Waals surface area contributed by atoms with Gasteiger partial charge in [-0.15, -0.1) is 0 Å². The predicted molar refractivity (Wildman–Crippen MR) is 73.7 cm³/mol. The van der Waals surface area contributed by atoms with Crippen LogP contribution in [0.1, 0.15) is 26.7 Å². The summed E-state index contributed by atoms with van der Waals surface area (Å²) in [6.45, 7) is 4.94. The summed E-state index contributed by atoms with van der Waals surface area (Å²) >= 11 is 0. The van der Waals surface area contributed by atoms with Gasteiger partial charge in [-0.2, -0.15) is 0 Å². The fourth-order valence-electron chi connectivity index (χ4n) is 3.53. The zero-order valence-corrected chi connectivity index (χ0v) is 12.3. The second-order valence-corrected chi connectivity index (χ2v) is 5.59. The molecule has 2 bridgehead atoms. The van der Waals surface area contributed by atoms with Crippen LogP contribution in [0.5, 0.6) is 0 Å². The molecule has 0 unspecified atom stereocenters. The van der Waals surface area contributed by atoms with Crippen LogP contribution in [0.3, 0.4) is 0 Å². The number of carbonyl (C=O) groups excluding carboxylic acids is 2. The molecule has 0 aromatic carbocycles. The van der Waals surface area contributed by atoms with Crippen molar-refractivity contribution in [2.24, 2.45) is 17.8 Å². The first-order valence-electron chi connectivity index (χ1n) is 7.26. The molecule has 1 fully saturated rings. The monoisotopic (exact) mass is 281 g/mol. The van der Waals surface area contributed by atoms with E-state index in [1.54, 1.807) is 11.0 Å². The fourth-order valence-corrected chi connectivity index (χ4v) is 3.53. The number of hydrogen-bond donors (Lipinski definition) is 1. The molecule has 1 saturated carbocycles. The first kappa shape index (κ1) is 15.0. The third-order valence-corrected chi connectivity index (χ3v) is 4.68. The summed E-state index contributed by atoms with van der Waals surface area (Å²) in [6.07, 6.45) is 4.80. The second kappa shape index (κ2) is 5.56. The van der Waals surface area contributed by atoms with E-state index in [4.69, 9.17) is 4.74 Å². The number of hydrogen-bond acceptors (Lipinski definition) is 4. The summed E-state index contributed by atoms with van der Waals surface area (Å²) in [5.41, 5.74) is -1.21. The van der Waals surface area contributed by atoms with Gasteiger partial charge in [-0.3, -0.25) is 9.59 Å². The van der Waals surface area contributed by atoms with Crippen molar-refractivity contribution in [2.45, 2.75) is 32.3 Å². The van der Waals surface area contributed by atoms with Gasteiger partial charge in [0.1, 0.15) is 0 Å². The SMILES string of the molecule is CCN(CC)C(=O)[C@@H]1[C@@H](C(=O)OC)[C@H]2C=C[C@]1(O)CC2. The van der Waals surface area contributed by atoms with Gasteiger partial charge >= 0.3 is 5.97 Å². The van der Waals surface area contributed by atoms with E-state index in [-0.39, 0.29) is 11.8 Å². The minimum Gasteiger partial charge on any atom is -0.469 e. The van der Waals surface area contributed by atoms with Crippen LogP contribution in [0.4, 0.5) is 0 Å². The molecule has 1 N–H and O–H groups in total. The Balaban J connectivity index is 2.38. The van der Waals surface area contributed by atoms with E-state index >= 15 is 0 Å². The van der Waals surface area contributed by atoms with Crippen LogP contribution in [0.15, 0.2) is 12.2 Å². The second-order valence-electron chi connectivity index (χ2n) is 5.59. The molecule has 1 amide bonds. The van der Waals surface area contributed by atoms with Gasteiger partial charge < -0.3 is 14.7 Å². The third-order valence-electron chi connectivity index (χ3n) is 4.68. The maximum atomic E-state index is 12.7. The van der Waals surface area contributed by atoms with Crippen LogP contribution in [0.25, 0.3) is 0 Å². The normalized spacial score (nSPS) is 34.9. The Bertz CT molecular complexity index is 430. The van der Waals surface area contributed by atoms with Gasteiger partial charge in [0.05, 0.1) is 24.5 Å². The Morgan fingerprint density at radius 2 is 2.05 bits per heavy atom. The molecular weight excluding hydrogens is 258 g/mol. The zero-order chi connectivity index (χ0) is 14.9. The number of nitrogens with zero attached hydrogens (tertiary/aromatic N) is 1. The standard InChI is InChI=1S/C15H23NO4/c1-4-16(5-2)13(17)12-11(14(18)20-3)10-6-8-15(12,19)9-7-10/h6,8,10-12,19H,4-5,7,9H2,1-3H3/t10-,11-,12-,15-/m0/s1. The quantitative estimate of drug-likeness (QED) is 0.616. The van der Waals surface area contributed by atoms with E-state index in [2.05, 4.69) is 0 Å². The lowest BCUT2D eigenvalue weighted by Crippen LogP contribution is -2.59. The lowest BCUT2D eigenvalue weighted by atomic mass is 9.59. The molecule has 3 aliphatic carbocycles. The smallest absolute Gasteiger partial charge is 0.310 e. The highest BCUT2D eigenvalue weighted by molar-refractivity contribution is 5.88. The van der Waals surface area contributed by atoms with Crippen molar-refractivity contribution in [2.75, 3.05) is 20.2 Å². The minimum atomic E-state index is -1.21. The summed E-state index contributed by atoms with van der Waals surface area (Å²) in [7, 11) is 1.33. The molecule has 112 valence electrons. The zero-order valence-electron chi connectivity index (χ0n) is 12.3. The maximum Gasteiger partial charge on any atom is 0.310 e. The van der Waals surface area contributed by atoms with Crippen LogP contribution in [-0.2, 0) is 14.3 Å². The summed E-state index contributed by atoms with van der Waals surface area (Å²) in [5.74, 6) is -1.86. The molecule has 5 heteroatoms. The largest absolute Gasteiger partial charge is 0.469 e. The minimum absolute atomic E-state index is 0.0130. The summed E-state index contributed by atoms with van der Waals surface area (Å²) in [5, 5.41) is 10.8. The van der Waals surface area contributed by atoms with Gasteiger partial charge in [-0.25, -0.2) is 0 Å². The Labute approximate surface area is 119 Å². The molecular formula is C15H23NO4. The van der Waals surface area contributed by atoms with Crippen LogP contribution >= 0.6 is 0 Å². The molecule has 20 heavy (non-hydrogen) atoms.